The first-order chi connectivity index (χ1) is 4.72. The second kappa shape index (κ2) is 5.62. The summed E-state index contributed by atoms with van der Waals surface area (Å²) in [5.41, 5.74) is -0.808. The highest BCUT2D eigenvalue weighted by Crippen LogP contribution is 1.86. The van der Waals surface area contributed by atoms with Crippen LogP contribution in [0.15, 0.2) is 23.1 Å². The van der Waals surface area contributed by atoms with Crippen molar-refractivity contribution >= 4 is 30.8 Å². The molecule has 1 aromatic heterocycles. The van der Waals surface area contributed by atoms with Gasteiger partial charge < -0.3 is 10.1 Å². The van der Waals surface area contributed by atoms with Gasteiger partial charge in [-0.15, -0.1) is 24.8 Å². The number of hydrogen-bond acceptors (Lipinski definition) is 2. The van der Waals surface area contributed by atoms with Crippen molar-refractivity contribution in [1.82, 2.24) is 4.98 Å². The van der Waals surface area contributed by atoms with Gasteiger partial charge in [-0.05, 0) is 12.1 Å². The van der Waals surface area contributed by atoms with Gasteiger partial charge in [-0.1, -0.05) is 0 Å². The van der Waals surface area contributed by atoms with Gasteiger partial charge in [0, 0.05) is 6.20 Å². The molecule has 0 bridgehead atoms. The van der Waals surface area contributed by atoms with Gasteiger partial charge in [0.1, 0.15) is 5.56 Å². The standard InChI is InChI=1S/C6H5NO3.2ClH/c8-5-4(6(9)10)2-1-3-7-5;;/h1-3H,(H,7,8)(H,9,10);2*1H. The molecule has 4 nitrogen and oxygen atoms in total. The summed E-state index contributed by atoms with van der Waals surface area (Å²) in [7, 11) is 0. The maximum Gasteiger partial charge on any atom is 0.341 e. The molecule has 0 fully saturated rings. The molecule has 0 aliphatic heterocycles. The van der Waals surface area contributed by atoms with Gasteiger partial charge in [0.05, 0.1) is 0 Å². The number of nitrogens with one attached hydrogen (secondary N) is 1. The van der Waals surface area contributed by atoms with Gasteiger partial charge in [-0.3, -0.25) is 4.79 Å². The Kier molecular flexibility index (Phi) is 6.37. The Bertz CT molecular complexity index is 310. The van der Waals surface area contributed by atoms with Crippen molar-refractivity contribution in [3.05, 3.63) is 34.2 Å². The van der Waals surface area contributed by atoms with Gasteiger partial charge in [0.25, 0.3) is 5.56 Å². The van der Waals surface area contributed by atoms with Crippen molar-refractivity contribution < 1.29 is 9.90 Å². The highest BCUT2D eigenvalue weighted by Gasteiger charge is 2.04. The van der Waals surface area contributed by atoms with Crippen LogP contribution in [-0.2, 0) is 0 Å². The molecule has 0 aliphatic carbocycles. The Labute approximate surface area is 80.4 Å². The van der Waals surface area contributed by atoms with E-state index in [4.69, 9.17) is 5.11 Å². The molecule has 0 spiro atoms. The molecule has 0 atom stereocenters. The molecule has 2 N–H and O–H groups in total. The Hall–Kier alpha value is -1.00. The minimum Gasteiger partial charge on any atom is -0.477 e. The van der Waals surface area contributed by atoms with Crippen LogP contribution in [0.4, 0.5) is 0 Å². The number of aromatic nitrogens is 1. The number of H-pyrrole nitrogens is 1. The summed E-state index contributed by atoms with van der Waals surface area (Å²) in [6, 6.07) is 2.71. The van der Waals surface area contributed by atoms with Crippen LogP contribution in [0.5, 0.6) is 0 Å². The molecule has 1 heterocycles. The average molecular weight is 212 g/mol. The normalized spacial score (nSPS) is 7.67. The number of halogens is 2. The third kappa shape index (κ3) is 2.94. The molecule has 68 valence electrons. The number of pyridine rings is 1. The second-order valence-corrected chi connectivity index (χ2v) is 1.72. The van der Waals surface area contributed by atoms with Gasteiger partial charge in [0.2, 0.25) is 0 Å². The zero-order valence-electron chi connectivity index (χ0n) is 5.81. The maximum absolute atomic E-state index is 10.6. The number of hydrogen-bond donors (Lipinski definition) is 2. The van der Waals surface area contributed by atoms with Crippen LogP contribution >= 0.6 is 24.8 Å². The predicted molar refractivity (Wildman–Crippen MR) is 48.5 cm³/mol. The van der Waals surface area contributed by atoms with Crippen molar-refractivity contribution in [1.29, 1.82) is 0 Å². The largest absolute Gasteiger partial charge is 0.477 e. The average Bonchev–Trinajstić information content (AvgIpc) is 1.88. The lowest BCUT2D eigenvalue weighted by atomic mass is 10.3. The quantitative estimate of drug-likeness (QED) is 0.726. The van der Waals surface area contributed by atoms with E-state index in [2.05, 4.69) is 4.98 Å². The molecule has 12 heavy (non-hydrogen) atoms. The first-order valence-corrected chi connectivity index (χ1v) is 2.63. The van der Waals surface area contributed by atoms with Crippen LogP contribution in [0.2, 0.25) is 0 Å². The molecule has 0 unspecified atom stereocenters. The fourth-order valence-electron chi connectivity index (χ4n) is 0.590. The SMILES string of the molecule is Cl.Cl.O=C(O)c1ccc[nH]c1=O. The smallest absolute Gasteiger partial charge is 0.341 e. The highest BCUT2D eigenvalue weighted by atomic mass is 35.5. The van der Waals surface area contributed by atoms with E-state index in [0.717, 1.165) is 0 Å². The van der Waals surface area contributed by atoms with Crippen molar-refractivity contribution in [2.45, 2.75) is 0 Å². The zero-order valence-corrected chi connectivity index (χ0v) is 7.45. The van der Waals surface area contributed by atoms with E-state index in [0.29, 0.717) is 0 Å². The van der Waals surface area contributed by atoms with Crippen molar-refractivity contribution in [3.63, 3.8) is 0 Å². The molecule has 1 aromatic rings. The fourth-order valence-corrected chi connectivity index (χ4v) is 0.590. The molecule has 0 radical (unpaired) electrons. The summed E-state index contributed by atoms with van der Waals surface area (Å²) in [5, 5.41) is 8.35. The number of rotatable bonds is 1. The molecule has 1 rings (SSSR count). The lowest BCUT2D eigenvalue weighted by Crippen LogP contribution is -2.15. The third-order valence-electron chi connectivity index (χ3n) is 1.05. The van der Waals surface area contributed by atoms with E-state index in [9.17, 15) is 9.59 Å². The van der Waals surface area contributed by atoms with Crippen molar-refractivity contribution in [3.8, 4) is 0 Å². The Morgan fingerprint density at radius 3 is 2.33 bits per heavy atom. The van der Waals surface area contributed by atoms with E-state index in [1.165, 1.54) is 18.3 Å². The minimum absolute atomic E-state index is 0. The molecule has 0 saturated carbocycles. The monoisotopic (exact) mass is 211 g/mol. The van der Waals surface area contributed by atoms with Crippen LogP contribution in [0.25, 0.3) is 0 Å². The van der Waals surface area contributed by atoms with Gasteiger partial charge in [0.15, 0.2) is 0 Å². The molecule has 0 aliphatic rings. The number of carboxylic acids is 1. The third-order valence-corrected chi connectivity index (χ3v) is 1.05. The lowest BCUT2D eigenvalue weighted by molar-refractivity contribution is 0.0695. The minimum atomic E-state index is -1.21. The molecule has 0 aromatic carbocycles. The number of aromatic amines is 1. The van der Waals surface area contributed by atoms with Crippen LogP contribution in [0.1, 0.15) is 10.4 Å². The first-order valence-electron chi connectivity index (χ1n) is 2.63. The second-order valence-electron chi connectivity index (χ2n) is 1.72. The van der Waals surface area contributed by atoms with Crippen LogP contribution in [-0.4, -0.2) is 16.1 Å². The molecular weight excluding hydrogens is 205 g/mol. The maximum atomic E-state index is 10.6. The predicted octanol–water partition coefficient (Wildman–Crippen LogP) is 0.917. The molecule has 0 saturated heterocycles. The zero-order chi connectivity index (χ0) is 7.56. The van der Waals surface area contributed by atoms with E-state index in [-0.39, 0.29) is 30.4 Å². The first kappa shape index (κ1) is 13.6. The number of aromatic carboxylic acids is 1. The number of carboxylic acid groups (broad SMARTS) is 1. The number of carbonyl (C=O) groups is 1. The van der Waals surface area contributed by atoms with Crippen molar-refractivity contribution in [2.75, 3.05) is 0 Å². The Balaban J connectivity index is 0. The van der Waals surface area contributed by atoms with Gasteiger partial charge in [-0.25, -0.2) is 4.79 Å². The lowest BCUT2D eigenvalue weighted by Gasteiger charge is -1.88. The van der Waals surface area contributed by atoms with E-state index < -0.39 is 11.5 Å². The Morgan fingerprint density at radius 1 is 1.42 bits per heavy atom. The van der Waals surface area contributed by atoms with E-state index >= 15 is 0 Å². The van der Waals surface area contributed by atoms with Gasteiger partial charge >= 0.3 is 5.97 Å². The topological polar surface area (TPSA) is 70.2 Å². The fraction of sp³-hybridized carbons (Fsp3) is 0. The molecule has 6 heteroatoms. The summed E-state index contributed by atoms with van der Waals surface area (Å²) >= 11 is 0. The molecule has 0 amide bonds. The summed E-state index contributed by atoms with van der Waals surface area (Å²) < 4.78 is 0. The van der Waals surface area contributed by atoms with E-state index in [1.807, 2.05) is 0 Å². The summed E-state index contributed by atoms with van der Waals surface area (Å²) in [6.45, 7) is 0. The summed E-state index contributed by atoms with van der Waals surface area (Å²) in [5.74, 6) is -1.21. The summed E-state index contributed by atoms with van der Waals surface area (Å²) in [4.78, 5) is 23.1. The highest BCUT2D eigenvalue weighted by molar-refractivity contribution is 5.86. The summed E-state index contributed by atoms with van der Waals surface area (Å²) in [6.07, 6.45) is 1.38. The Morgan fingerprint density at radius 2 is 2.00 bits per heavy atom. The van der Waals surface area contributed by atoms with E-state index in [1.54, 1.807) is 0 Å². The van der Waals surface area contributed by atoms with Crippen molar-refractivity contribution in [2.24, 2.45) is 0 Å². The van der Waals surface area contributed by atoms with Gasteiger partial charge in [-0.2, -0.15) is 0 Å². The van der Waals surface area contributed by atoms with Crippen LogP contribution in [0.3, 0.4) is 0 Å². The molecular formula is C6H7Cl2NO3. The van der Waals surface area contributed by atoms with Crippen LogP contribution < -0.4 is 5.56 Å². The van der Waals surface area contributed by atoms with Crippen LogP contribution in [0, 0.1) is 0 Å².